The molecule has 3 nitrogen and oxygen atoms in total. The van der Waals surface area contributed by atoms with Crippen LogP contribution in [0.4, 0.5) is 0 Å². The second-order valence-electron chi connectivity index (χ2n) is 5.40. The van der Waals surface area contributed by atoms with E-state index in [0.29, 0.717) is 12.1 Å². The highest BCUT2D eigenvalue weighted by atomic mass is 16.5. The molecule has 0 bridgehead atoms. The van der Waals surface area contributed by atoms with Crippen LogP contribution in [0.25, 0.3) is 0 Å². The zero-order valence-corrected chi connectivity index (χ0v) is 13.5. The molecule has 0 saturated heterocycles. The van der Waals surface area contributed by atoms with E-state index < -0.39 is 0 Å². The smallest absolute Gasteiger partial charge is 0.122 e. The molecule has 1 N–H and O–H groups in total. The van der Waals surface area contributed by atoms with Crippen molar-refractivity contribution < 1.29 is 9.47 Å². The van der Waals surface area contributed by atoms with Gasteiger partial charge in [-0.25, -0.2) is 0 Å². The van der Waals surface area contributed by atoms with Gasteiger partial charge in [-0.05, 0) is 51.3 Å². The number of likely N-dealkylation sites (N-methyl/N-ethyl adjacent to an activating group) is 1. The summed E-state index contributed by atoms with van der Waals surface area (Å²) in [5.74, 6) is 0.985. The third-order valence-corrected chi connectivity index (χ3v) is 3.72. The van der Waals surface area contributed by atoms with Gasteiger partial charge in [0.25, 0.3) is 0 Å². The van der Waals surface area contributed by atoms with Crippen molar-refractivity contribution in [1.29, 1.82) is 0 Å². The van der Waals surface area contributed by atoms with E-state index in [-0.39, 0.29) is 0 Å². The molecule has 0 aliphatic heterocycles. The van der Waals surface area contributed by atoms with E-state index in [9.17, 15) is 0 Å². The van der Waals surface area contributed by atoms with Crippen LogP contribution in [-0.4, -0.2) is 32.9 Å². The molecular weight excluding hydrogens is 250 g/mol. The summed E-state index contributed by atoms with van der Waals surface area (Å²) < 4.78 is 10.8. The molecular formula is C17H29NO2. The number of hydrogen-bond acceptors (Lipinski definition) is 3. The van der Waals surface area contributed by atoms with Gasteiger partial charge in [-0.2, -0.15) is 0 Å². The van der Waals surface area contributed by atoms with E-state index in [1.807, 2.05) is 0 Å². The van der Waals surface area contributed by atoms with Gasteiger partial charge in [-0.15, -0.1) is 0 Å². The van der Waals surface area contributed by atoms with Crippen molar-refractivity contribution in [1.82, 2.24) is 5.32 Å². The molecule has 3 heteroatoms. The molecule has 2 unspecified atom stereocenters. The fourth-order valence-electron chi connectivity index (χ4n) is 2.45. The van der Waals surface area contributed by atoms with Crippen molar-refractivity contribution in [2.75, 3.05) is 20.8 Å². The first-order valence-electron chi connectivity index (χ1n) is 7.50. The van der Waals surface area contributed by atoms with Crippen molar-refractivity contribution in [2.45, 2.75) is 52.2 Å². The molecule has 0 saturated carbocycles. The summed E-state index contributed by atoms with van der Waals surface area (Å²) in [7, 11) is 3.51. The van der Waals surface area contributed by atoms with Crippen molar-refractivity contribution in [2.24, 2.45) is 0 Å². The molecule has 2 atom stereocenters. The normalized spacial score (nSPS) is 14.1. The Hall–Kier alpha value is -1.06. The van der Waals surface area contributed by atoms with Gasteiger partial charge >= 0.3 is 0 Å². The fourth-order valence-corrected chi connectivity index (χ4v) is 2.45. The first-order chi connectivity index (χ1) is 9.60. The van der Waals surface area contributed by atoms with Crippen molar-refractivity contribution in [3.63, 3.8) is 0 Å². The van der Waals surface area contributed by atoms with Crippen LogP contribution >= 0.6 is 0 Å². The molecule has 1 aromatic rings. The minimum atomic E-state index is 0.315. The second kappa shape index (κ2) is 8.98. The van der Waals surface area contributed by atoms with Gasteiger partial charge < -0.3 is 14.8 Å². The predicted molar refractivity (Wildman–Crippen MR) is 84.6 cm³/mol. The summed E-state index contributed by atoms with van der Waals surface area (Å²) >= 11 is 0. The number of hydrogen-bond donors (Lipinski definition) is 1. The zero-order chi connectivity index (χ0) is 15.0. The molecule has 0 radical (unpaired) electrons. The van der Waals surface area contributed by atoms with Crippen LogP contribution < -0.4 is 10.1 Å². The minimum absolute atomic E-state index is 0.315. The maximum atomic E-state index is 5.47. The number of nitrogens with one attached hydrogen (secondary N) is 1. The Bertz CT molecular complexity index is 393. The van der Waals surface area contributed by atoms with Crippen LogP contribution in [0.1, 0.15) is 37.8 Å². The zero-order valence-electron chi connectivity index (χ0n) is 13.5. The average Bonchev–Trinajstić information content (AvgIpc) is 2.45. The topological polar surface area (TPSA) is 30.5 Å². The van der Waals surface area contributed by atoms with E-state index in [0.717, 1.165) is 31.6 Å². The molecule has 1 aromatic carbocycles. The molecule has 0 aromatic heterocycles. The number of aryl methyl sites for hydroxylation is 1. The fraction of sp³-hybridized carbons (Fsp3) is 0.647. The third kappa shape index (κ3) is 5.51. The maximum Gasteiger partial charge on any atom is 0.122 e. The summed E-state index contributed by atoms with van der Waals surface area (Å²) in [5.41, 5.74) is 2.56. The van der Waals surface area contributed by atoms with Gasteiger partial charge in [-0.3, -0.25) is 0 Å². The number of methoxy groups -OCH3 is 2. The van der Waals surface area contributed by atoms with Gasteiger partial charge in [0.05, 0.1) is 13.2 Å². The van der Waals surface area contributed by atoms with Crippen LogP contribution in [0.15, 0.2) is 18.2 Å². The first-order valence-corrected chi connectivity index (χ1v) is 7.50. The molecule has 0 aliphatic rings. The number of ether oxygens (including phenoxy) is 2. The second-order valence-corrected chi connectivity index (χ2v) is 5.40. The van der Waals surface area contributed by atoms with Crippen LogP contribution in [0, 0.1) is 6.92 Å². The Morgan fingerprint density at radius 1 is 1.20 bits per heavy atom. The van der Waals surface area contributed by atoms with Gasteiger partial charge in [-0.1, -0.05) is 24.6 Å². The molecule has 0 fully saturated rings. The quantitative estimate of drug-likeness (QED) is 0.752. The van der Waals surface area contributed by atoms with Crippen LogP contribution in [0.3, 0.4) is 0 Å². The Labute approximate surface area is 123 Å². The average molecular weight is 279 g/mol. The maximum absolute atomic E-state index is 5.47. The highest BCUT2D eigenvalue weighted by Crippen LogP contribution is 2.22. The van der Waals surface area contributed by atoms with Crippen LogP contribution in [-0.2, 0) is 11.2 Å². The summed E-state index contributed by atoms with van der Waals surface area (Å²) in [6, 6.07) is 6.85. The lowest BCUT2D eigenvalue weighted by Gasteiger charge is -2.21. The molecule has 20 heavy (non-hydrogen) atoms. The molecule has 0 spiro atoms. The van der Waals surface area contributed by atoms with E-state index in [1.165, 1.54) is 11.1 Å². The summed E-state index contributed by atoms with van der Waals surface area (Å²) in [5, 5.41) is 3.57. The highest BCUT2D eigenvalue weighted by molar-refractivity contribution is 5.37. The van der Waals surface area contributed by atoms with Crippen LogP contribution in [0.5, 0.6) is 5.75 Å². The van der Waals surface area contributed by atoms with Crippen molar-refractivity contribution >= 4 is 0 Å². The molecule has 114 valence electrons. The third-order valence-electron chi connectivity index (χ3n) is 3.72. The molecule has 0 aliphatic carbocycles. The van der Waals surface area contributed by atoms with Gasteiger partial charge in [0, 0.05) is 13.2 Å². The molecule has 1 rings (SSSR count). The van der Waals surface area contributed by atoms with Gasteiger partial charge in [0.15, 0.2) is 0 Å². The lowest BCUT2D eigenvalue weighted by Crippen LogP contribution is -2.32. The number of benzene rings is 1. The first kappa shape index (κ1) is 17.0. The van der Waals surface area contributed by atoms with E-state index in [2.05, 4.69) is 44.3 Å². The Morgan fingerprint density at radius 2 is 1.95 bits per heavy atom. The number of rotatable bonds is 9. The van der Waals surface area contributed by atoms with E-state index in [4.69, 9.17) is 9.47 Å². The summed E-state index contributed by atoms with van der Waals surface area (Å²) in [6.07, 6.45) is 3.49. The van der Waals surface area contributed by atoms with Gasteiger partial charge in [0.2, 0.25) is 0 Å². The minimum Gasteiger partial charge on any atom is -0.496 e. The predicted octanol–water partition coefficient (Wildman–Crippen LogP) is 3.34. The van der Waals surface area contributed by atoms with Crippen molar-refractivity contribution in [3.05, 3.63) is 29.3 Å². The SMILES string of the molecule is CCNC(CCC(C)OC)Cc1cc(C)ccc1OC. The highest BCUT2D eigenvalue weighted by Gasteiger charge is 2.13. The van der Waals surface area contributed by atoms with Gasteiger partial charge in [0.1, 0.15) is 5.75 Å². The summed E-state index contributed by atoms with van der Waals surface area (Å²) in [6.45, 7) is 7.38. The Balaban J connectivity index is 2.71. The van der Waals surface area contributed by atoms with E-state index >= 15 is 0 Å². The Morgan fingerprint density at radius 3 is 2.55 bits per heavy atom. The lowest BCUT2D eigenvalue weighted by atomic mass is 9.98. The van der Waals surface area contributed by atoms with Crippen molar-refractivity contribution in [3.8, 4) is 5.75 Å². The standard InChI is InChI=1S/C17H29NO2/c1-6-18-16(9-8-14(3)19-4)12-15-11-13(2)7-10-17(15)20-5/h7,10-11,14,16,18H,6,8-9,12H2,1-5H3. The van der Waals surface area contributed by atoms with E-state index in [1.54, 1.807) is 14.2 Å². The molecule has 0 heterocycles. The lowest BCUT2D eigenvalue weighted by molar-refractivity contribution is 0.106. The Kier molecular flexibility index (Phi) is 7.63. The monoisotopic (exact) mass is 279 g/mol. The van der Waals surface area contributed by atoms with Crippen LogP contribution in [0.2, 0.25) is 0 Å². The molecule has 0 amide bonds. The summed E-state index contributed by atoms with van der Waals surface area (Å²) in [4.78, 5) is 0. The largest absolute Gasteiger partial charge is 0.496 e.